The number of aromatic nitrogens is 3. The molecule has 0 bridgehead atoms. The van der Waals surface area contributed by atoms with E-state index >= 15 is 0 Å². The number of rotatable bonds is 13. The van der Waals surface area contributed by atoms with Crippen LogP contribution in [-0.4, -0.2) is 63.9 Å². The predicted molar refractivity (Wildman–Crippen MR) is 124 cm³/mol. The first-order chi connectivity index (χ1) is 15.5. The average Bonchev–Trinajstić information content (AvgIpc) is 3.25. The standard InChI is InChI=1S/C23H31N5O4/c1-4-27(5-2)9-6-12-32-21-13-18-19(14-20(21)31-3)24-16-25-23(18)26-17-7-10-28(15-17)11-8-22(29)30/h7,10,13-16H,4-6,8-9,11-12H2,1-3H3,(H,29,30)(H,24,25,26). The largest absolute Gasteiger partial charge is 0.493 e. The van der Waals surface area contributed by atoms with E-state index in [2.05, 4.69) is 34.0 Å². The Bertz CT molecular complexity index is 1030. The molecule has 0 aliphatic heterocycles. The summed E-state index contributed by atoms with van der Waals surface area (Å²) in [6.07, 6.45) is 6.17. The van der Waals surface area contributed by atoms with Gasteiger partial charge in [0, 0.05) is 36.9 Å². The van der Waals surface area contributed by atoms with Crippen LogP contribution >= 0.6 is 0 Å². The van der Waals surface area contributed by atoms with Crippen molar-refractivity contribution in [2.24, 2.45) is 0 Å². The Morgan fingerprint density at radius 1 is 1.22 bits per heavy atom. The number of fused-ring (bicyclic) bond motifs is 1. The Morgan fingerprint density at radius 3 is 2.75 bits per heavy atom. The highest BCUT2D eigenvalue weighted by Gasteiger charge is 2.13. The summed E-state index contributed by atoms with van der Waals surface area (Å²) >= 11 is 0. The van der Waals surface area contributed by atoms with Crippen molar-refractivity contribution in [3.8, 4) is 11.5 Å². The first-order valence-electron chi connectivity index (χ1n) is 10.9. The lowest BCUT2D eigenvalue weighted by Gasteiger charge is -2.18. The number of hydrogen-bond acceptors (Lipinski definition) is 7. The van der Waals surface area contributed by atoms with E-state index in [0.717, 1.165) is 42.6 Å². The average molecular weight is 442 g/mol. The van der Waals surface area contributed by atoms with Gasteiger partial charge in [-0.2, -0.15) is 0 Å². The third-order valence-corrected chi connectivity index (χ3v) is 5.29. The molecule has 3 aromatic rings. The second kappa shape index (κ2) is 11.3. The van der Waals surface area contributed by atoms with Gasteiger partial charge in [-0.05, 0) is 31.6 Å². The molecule has 0 spiro atoms. The Kier molecular flexibility index (Phi) is 8.27. The van der Waals surface area contributed by atoms with Crippen molar-refractivity contribution in [2.75, 3.05) is 38.7 Å². The van der Waals surface area contributed by atoms with Gasteiger partial charge in [0.05, 0.1) is 31.3 Å². The Balaban J connectivity index is 1.76. The van der Waals surface area contributed by atoms with Crippen LogP contribution in [-0.2, 0) is 11.3 Å². The molecule has 172 valence electrons. The molecule has 0 saturated heterocycles. The first kappa shape index (κ1) is 23.3. The van der Waals surface area contributed by atoms with Crippen LogP contribution in [0.25, 0.3) is 10.9 Å². The Labute approximate surface area is 188 Å². The van der Waals surface area contributed by atoms with Crippen molar-refractivity contribution in [1.82, 2.24) is 19.4 Å². The van der Waals surface area contributed by atoms with Crippen molar-refractivity contribution >= 4 is 28.4 Å². The molecule has 0 radical (unpaired) electrons. The normalized spacial score (nSPS) is 11.1. The van der Waals surface area contributed by atoms with E-state index in [0.29, 0.717) is 30.5 Å². The SMILES string of the molecule is CCN(CC)CCCOc1cc2c(Nc3ccn(CCC(=O)O)c3)ncnc2cc1OC. The van der Waals surface area contributed by atoms with Crippen LogP contribution < -0.4 is 14.8 Å². The number of aliphatic carboxylic acids is 1. The maximum atomic E-state index is 10.8. The molecule has 9 heteroatoms. The summed E-state index contributed by atoms with van der Waals surface area (Å²) in [4.78, 5) is 21.9. The summed E-state index contributed by atoms with van der Waals surface area (Å²) in [6, 6.07) is 5.62. The number of anilines is 2. The molecule has 0 aliphatic carbocycles. The van der Waals surface area contributed by atoms with Crippen LogP contribution in [0.5, 0.6) is 11.5 Å². The second-order valence-electron chi connectivity index (χ2n) is 7.38. The van der Waals surface area contributed by atoms with E-state index in [1.807, 2.05) is 35.2 Å². The van der Waals surface area contributed by atoms with Crippen LogP contribution in [0.1, 0.15) is 26.7 Å². The van der Waals surface area contributed by atoms with Crippen molar-refractivity contribution in [3.63, 3.8) is 0 Å². The fraction of sp³-hybridized carbons (Fsp3) is 0.435. The van der Waals surface area contributed by atoms with E-state index in [9.17, 15) is 4.79 Å². The van der Waals surface area contributed by atoms with E-state index < -0.39 is 5.97 Å². The van der Waals surface area contributed by atoms with Crippen molar-refractivity contribution < 1.29 is 19.4 Å². The number of carbonyl (C=O) groups is 1. The highest BCUT2D eigenvalue weighted by Crippen LogP contribution is 2.34. The zero-order valence-electron chi connectivity index (χ0n) is 18.9. The summed E-state index contributed by atoms with van der Waals surface area (Å²) in [5.41, 5.74) is 1.55. The summed E-state index contributed by atoms with van der Waals surface area (Å²) in [7, 11) is 1.62. The lowest BCUT2D eigenvalue weighted by Crippen LogP contribution is -2.25. The molecule has 0 fully saturated rings. The summed E-state index contributed by atoms with van der Waals surface area (Å²) in [6.45, 7) is 8.35. The second-order valence-corrected chi connectivity index (χ2v) is 7.38. The maximum Gasteiger partial charge on any atom is 0.305 e. The number of hydrogen-bond donors (Lipinski definition) is 2. The van der Waals surface area contributed by atoms with Crippen molar-refractivity contribution in [3.05, 3.63) is 36.9 Å². The van der Waals surface area contributed by atoms with Crippen LogP contribution in [0.15, 0.2) is 36.9 Å². The van der Waals surface area contributed by atoms with Gasteiger partial charge in [-0.3, -0.25) is 4.79 Å². The smallest absolute Gasteiger partial charge is 0.305 e. The van der Waals surface area contributed by atoms with Crippen LogP contribution in [0.3, 0.4) is 0 Å². The molecule has 0 unspecified atom stereocenters. The zero-order valence-corrected chi connectivity index (χ0v) is 18.9. The fourth-order valence-electron chi connectivity index (χ4n) is 3.46. The molecule has 3 rings (SSSR count). The molecule has 0 amide bonds. The molecule has 2 aromatic heterocycles. The minimum absolute atomic E-state index is 0.0688. The lowest BCUT2D eigenvalue weighted by atomic mass is 10.2. The zero-order chi connectivity index (χ0) is 22.9. The molecular formula is C23H31N5O4. The molecular weight excluding hydrogens is 410 g/mol. The Hall–Kier alpha value is -3.33. The number of ether oxygens (including phenoxy) is 2. The summed E-state index contributed by atoms with van der Waals surface area (Å²) in [5, 5.41) is 13.0. The van der Waals surface area contributed by atoms with Gasteiger partial charge in [-0.25, -0.2) is 9.97 Å². The maximum absolute atomic E-state index is 10.8. The Morgan fingerprint density at radius 2 is 2.03 bits per heavy atom. The minimum Gasteiger partial charge on any atom is -0.493 e. The van der Waals surface area contributed by atoms with Gasteiger partial charge < -0.3 is 29.4 Å². The van der Waals surface area contributed by atoms with Gasteiger partial charge in [0.15, 0.2) is 11.5 Å². The monoisotopic (exact) mass is 441 g/mol. The predicted octanol–water partition coefficient (Wildman–Crippen LogP) is 3.77. The van der Waals surface area contributed by atoms with E-state index in [1.54, 1.807) is 7.11 Å². The quantitative estimate of drug-likeness (QED) is 0.387. The van der Waals surface area contributed by atoms with Crippen LogP contribution in [0.4, 0.5) is 11.5 Å². The van der Waals surface area contributed by atoms with Crippen LogP contribution in [0, 0.1) is 0 Å². The minimum atomic E-state index is -0.825. The number of nitrogens with one attached hydrogen (secondary N) is 1. The number of carboxylic acids is 1. The summed E-state index contributed by atoms with van der Waals surface area (Å²) < 4.78 is 13.4. The van der Waals surface area contributed by atoms with Gasteiger partial charge in [0.25, 0.3) is 0 Å². The number of nitrogens with zero attached hydrogens (tertiary/aromatic N) is 4. The molecule has 1 aromatic carbocycles. The molecule has 9 nitrogen and oxygen atoms in total. The molecule has 2 heterocycles. The molecule has 0 saturated carbocycles. The number of benzene rings is 1. The van der Waals surface area contributed by atoms with Gasteiger partial charge in [0.2, 0.25) is 0 Å². The molecule has 0 atom stereocenters. The molecule has 32 heavy (non-hydrogen) atoms. The van der Waals surface area contributed by atoms with E-state index in [-0.39, 0.29) is 6.42 Å². The van der Waals surface area contributed by atoms with Gasteiger partial charge in [0.1, 0.15) is 12.1 Å². The number of carboxylic acid groups (broad SMARTS) is 1. The molecule has 2 N–H and O–H groups in total. The van der Waals surface area contributed by atoms with Crippen LogP contribution in [0.2, 0.25) is 0 Å². The third-order valence-electron chi connectivity index (χ3n) is 5.29. The highest BCUT2D eigenvalue weighted by atomic mass is 16.5. The topological polar surface area (TPSA) is 102 Å². The summed E-state index contributed by atoms with van der Waals surface area (Å²) in [5.74, 6) is 1.09. The van der Waals surface area contributed by atoms with Gasteiger partial charge >= 0.3 is 5.97 Å². The fourth-order valence-corrected chi connectivity index (χ4v) is 3.46. The van der Waals surface area contributed by atoms with Gasteiger partial charge in [-0.1, -0.05) is 13.8 Å². The lowest BCUT2D eigenvalue weighted by molar-refractivity contribution is -0.137. The highest BCUT2D eigenvalue weighted by molar-refractivity contribution is 5.93. The third kappa shape index (κ3) is 6.10. The van der Waals surface area contributed by atoms with E-state index in [4.69, 9.17) is 14.6 Å². The first-order valence-corrected chi connectivity index (χ1v) is 10.9. The van der Waals surface area contributed by atoms with Gasteiger partial charge in [-0.15, -0.1) is 0 Å². The number of methoxy groups -OCH3 is 1. The van der Waals surface area contributed by atoms with Crippen molar-refractivity contribution in [1.29, 1.82) is 0 Å². The molecule has 0 aliphatic rings. The van der Waals surface area contributed by atoms with E-state index in [1.165, 1.54) is 6.33 Å². The number of aryl methyl sites for hydroxylation is 1. The van der Waals surface area contributed by atoms with Crippen molar-refractivity contribution in [2.45, 2.75) is 33.2 Å².